The first-order chi connectivity index (χ1) is 14.1. The van der Waals surface area contributed by atoms with E-state index in [2.05, 4.69) is 10.3 Å². The molecule has 3 rings (SSSR count). The minimum atomic E-state index is -0.454. The van der Waals surface area contributed by atoms with Crippen LogP contribution in [-0.2, 0) is 20.7 Å². The molecule has 0 fully saturated rings. The van der Waals surface area contributed by atoms with Gasteiger partial charge in [-0.1, -0.05) is 60.1 Å². The van der Waals surface area contributed by atoms with Crippen molar-refractivity contribution in [2.45, 2.75) is 25.8 Å². The van der Waals surface area contributed by atoms with Crippen molar-refractivity contribution >= 4 is 34.8 Å². The van der Waals surface area contributed by atoms with Gasteiger partial charge in [0.2, 0.25) is 5.91 Å². The maximum absolute atomic E-state index is 12.6. The van der Waals surface area contributed by atoms with Gasteiger partial charge in [-0.2, -0.15) is 0 Å². The highest BCUT2D eigenvalue weighted by Crippen LogP contribution is 2.30. The molecule has 150 valence electrons. The first-order valence-electron chi connectivity index (χ1n) is 9.26. The summed E-state index contributed by atoms with van der Waals surface area (Å²) in [5, 5.41) is 6.17. The molecular formula is C22H21ClN2O3S. The SMILES string of the molecule is CCOC(=O)CC(NC(=O)Cc1csc(-c2ccccc2Cl)n1)c1ccccc1. The maximum atomic E-state index is 12.6. The van der Waals surface area contributed by atoms with E-state index in [1.165, 1.54) is 11.3 Å². The minimum Gasteiger partial charge on any atom is -0.466 e. The summed E-state index contributed by atoms with van der Waals surface area (Å²) in [6, 6.07) is 16.4. The number of halogens is 1. The van der Waals surface area contributed by atoms with E-state index in [9.17, 15) is 9.59 Å². The Morgan fingerprint density at radius 1 is 1.14 bits per heavy atom. The molecule has 1 heterocycles. The number of amides is 1. The molecule has 1 aromatic heterocycles. The van der Waals surface area contributed by atoms with Crippen molar-refractivity contribution in [3.8, 4) is 10.6 Å². The van der Waals surface area contributed by atoms with Crippen LogP contribution in [0.5, 0.6) is 0 Å². The lowest BCUT2D eigenvalue weighted by atomic mass is 10.0. The molecule has 0 bridgehead atoms. The van der Waals surface area contributed by atoms with E-state index in [1.807, 2.05) is 60.0 Å². The second-order valence-corrected chi connectivity index (χ2v) is 7.61. The van der Waals surface area contributed by atoms with E-state index < -0.39 is 6.04 Å². The van der Waals surface area contributed by atoms with Crippen LogP contribution in [0, 0.1) is 0 Å². The van der Waals surface area contributed by atoms with Gasteiger partial charge in [0.25, 0.3) is 0 Å². The number of hydrogen-bond donors (Lipinski definition) is 1. The molecule has 0 spiro atoms. The van der Waals surface area contributed by atoms with Gasteiger partial charge in [-0.15, -0.1) is 11.3 Å². The second-order valence-electron chi connectivity index (χ2n) is 6.34. The summed E-state index contributed by atoms with van der Waals surface area (Å²) in [5.74, 6) is -0.560. The summed E-state index contributed by atoms with van der Waals surface area (Å²) >= 11 is 7.67. The Balaban J connectivity index is 1.69. The van der Waals surface area contributed by atoms with Crippen LogP contribution in [0.4, 0.5) is 0 Å². The molecule has 1 unspecified atom stereocenters. The molecule has 0 saturated carbocycles. The summed E-state index contributed by atoms with van der Waals surface area (Å²) in [5.41, 5.74) is 2.35. The third-order valence-corrected chi connectivity index (χ3v) is 5.46. The van der Waals surface area contributed by atoms with E-state index in [4.69, 9.17) is 16.3 Å². The molecule has 1 atom stereocenters. The predicted molar refractivity (Wildman–Crippen MR) is 115 cm³/mol. The van der Waals surface area contributed by atoms with Crippen LogP contribution >= 0.6 is 22.9 Å². The van der Waals surface area contributed by atoms with Crippen LogP contribution in [0.1, 0.15) is 30.6 Å². The molecule has 0 aliphatic carbocycles. The monoisotopic (exact) mass is 428 g/mol. The number of ether oxygens (including phenoxy) is 1. The average molecular weight is 429 g/mol. The smallest absolute Gasteiger partial charge is 0.308 e. The van der Waals surface area contributed by atoms with Gasteiger partial charge in [-0.3, -0.25) is 9.59 Å². The van der Waals surface area contributed by atoms with Crippen LogP contribution in [0.25, 0.3) is 10.6 Å². The quantitative estimate of drug-likeness (QED) is 0.522. The van der Waals surface area contributed by atoms with E-state index >= 15 is 0 Å². The number of carbonyl (C=O) groups is 2. The molecule has 7 heteroatoms. The highest BCUT2D eigenvalue weighted by Gasteiger charge is 2.20. The third-order valence-electron chi connectivity index (χ3n) is 4.21. The van der Waals surface area contributed by atoms with E-state index in [0.29, 0.717) is 17.3 Å². The number of nitrogens with one attached hydrogen (secondary N) is 1. The number of hydrogen-bond acceptors (Lipinski definition) is 5. The largest absolute Gasteiger partial charge is 0.466 e. The highest BCUT2D eigenvalue weighted by molar-refractivity contribution is 7.13. The van der Waals surface area contributed by atoms with Gasteiger partial charge in [0.15, 0.2) is 0 Å². The fourth-order valence-corrected chi connectivity index (χ4v) is 4.02. The number of benzene rings is 2. The summed E-state index contributed by atoms with van der Waals surface area (Å²) < 4.78 is 5.04. The van der Waals surface area contributed by atoms with Crippen molar-refractivity contribution in [1.82, 2.24) is 10.3 Å². The van der Waals surface area contributed by atoms with Crippen LogP contribution in [-0.4, -0.2) is 23.5 Å². The predicted octanol–water partition coefficient (Wildman–Crippen LogP) is 4.82. The molecule has 2 aromatic carbocycles. The first kappa shape index (κ1) is 21.0. The molecule has 0 saturated heterocycles. The van der Waals surface area contributed by atoms with Crippen molar-refractivity contribution in [3.63, 3.8) is 0 Å². The Morgan fingerprint density at radius 3 is 2.59 bits per heavy atom. The lowest BCUT2D eigenvalue weighted by Crippen LogP contribution is -2.31. The number of carbonyl (C=O) groups excluding carboxylic acids is 2. The summed E-state index contributed by atoms with van der Waals surface area (Å²) in [4.78, 5) is 29.1. The van der Waals surface area contributed by atoms with Gasteiger partial charge in [0, 0.05) is 10.9 Å². The Hall–Kier alpha value is -2.70. The Bertz CT molecular complexity index is 975. The zero-order chi connectivity index (χ0) is 20.6. The first-order valence-corrected chi connectivity index (χ1v) is 10.5. The molecule has 3 aromatic rings. The number of aromatic nitrogens is 1. The van der Waals surface area contributed by atoms with Crippen LogP contribution < -0.4 is 5.32 Å². The molecule has 1 amide bonds. The van der Waals surface area contributed by atoms with Gasteiger partial charge >= 0.3 is 5.97 Å². The van der Waals surface area contributed by atoms with Crippen molar-refractivity contribution in [3.05, 3.63) is 76.3 Å². The Labute approximate surface area is 178 Å². The van der Waals surface area contributed by atoms with Gasteiger partial charge < -0.3 is 10.1 Å². The Kier molecular flexibility index (Phi) is 7.38. The zero-order valence-corrected chi connectivity index (χ0v) is 17.5. The fraction of sp³-hybridized carbons (Fsp3) is 0.227. The zero-order valence-electron chi connectivity index (χ0n) is 15.9. The standard InChI is InChI=1S/C22H21ClN2O3S/c1-2-28-21(27)13-19(15-8-4-3-5-9-15)25-20(26)12-16-14-29-22(24-16)17-10-6-7-11-18(17)23/h3-11,14,19H,2,12-13H2,1H3,(H,25,26). The molecule has 5 nitrogen and oxygen atoms in total. The van der Waals surface area contributed by atoms with Crippen LogP contribution in [0.15, 0.2) is 60.0 Å². The fourth-order valence-electron chi connectivity index (χ4n) is 2.88. The normalized spacial score (nSPS) is 11.7. The summed E-state index contributed by atoms with van der Waals surface area (Å²) in [6.45, 7) is 2.06. The van der Waals surface area contributed by atoms with Crippen molar-refractivity contribution in [2.24, 2.45) is 0 Å². The summed E-state index contributed by atoms with van der Waals surface area (Å²) in [6.07, 6.45) is 0.193. The molecule has 0 aliphatic heterocycles. The van der Waals surface area contributed by atoms with Crippen LogP contribution in [0.3, 0.4) is 0 Å². The Morgan fingerprint density at radius 2 is 1.86 bits per heavy atom. The van der Waals surface area contributed by atoms with Gasteiger partial charge in [0.05, 0.1) is 36.2 Å². The average Bonchev–Trinajstić information content (AvgIpc) is 3.16. The molecular weight excluding hydrogens is 408 g/mol. The van der Waals surface area contributed by atoms with Gasteiger partial charge in [-0.25, -0.2) is 4.98 Å². The van der Waals surface area contributed by atoms with Crippen LogP contribution in [0.2, 0.25) is 5.02 Å². The van der Waals surface area contributed by atoms with E-state index in [1.54, 1.807) is 6.92 Å². The molecule has 1 N–H and O–H groups in total. The van der Waals surface area contributed by atoms with Gasteiger partial charge in [0.1, 0.15) is 5.01 Å². The third kappa shape index (κ3) is 5.89. The molecule has 0 aliphatic rings. The number of thiazole rings is 1. The number of esters is 1. The highest BCUT2D eigenvalue weighted by atomic mass is 35.5. The lowest BCUT2D eigenvalue weighted by molar-refractivity contribution is -0.143. The van der Waals surface area contributed by atoms with E-state index in [0.717, 1.165) is 16.1 Å². The van der Waals surface area contributed by atoms with E-state index in [-0.39, 0.29) is 24.7 Å². The van der Waals surface area contributed by atoms with Crippen molar-refractivity contribution < 1.29 is 14.3 Å². The summed E-state index contributed by atoms with van der Waals surface area (Å²) in [7, 11) is 0. The second kappa shape index (κ2) is 10.2. The van der Waals surface area contributed by atoms with Crippen molar-refractivity contribution in [1.29, 1.82) is 0 Å². The van der Waals surface area contributed by atoms with Gasteiger partial charge in [-0.05, 0) is 18.6 Å². The lowest BCUT2D eigenvalue weighted by Gasteiger charge is -2.18. The minimum absolute atomic E-state index is 0.0749. The topological polar surface area (TPSA) is 68.3 Å². The maximum Gasteiger partial charge on any atom is 0.308 e. The van der Waals surface area contributed by atoms with Crippen molar-refractivity contribution in [2.75, 3.05) is 6.61 Å². The number of nitrogens with zero attached hydrogens (tertiary/aromatic N) is 1. The molecule has 29 heavy (non-hydrogen) atoms. The number of rotatable bonds is 8. The molecule has 0 radical (unpaired) electrons.